The molecule has 0 radical (unpaired) electrons. The van der Waals surface area contributed by atoms with E-state index >= 15 is 0 Å². The number of hydrogen-bond acceptors (Lipinski definition) is 2. The van der Waals surface area contributed by atoms with E-state index in [4.69, 9.17) is 5.21 Å². The Balaban J connectivity index is 2.85. The van der Waals surface area contributed by atoms with Crippen LogP contribution in [0.1, 0.15) is 22.9 Å². The molecule has 1 atom stereocenters. The van der Waals surface area contributed by atoms with E-state index in [1.54, 1.807) is 0 Å². The molecule has 1 unspecified atom stereocenters. The number of hydrogen-bond donors (Lipinski definition) is 1. The molecule has 12 heavy (non-hydrogen) atoms. The zero-order valence-corrected chi connectivity index (χ0v) is 8.32. The van der Waals surface area contributed by atoms with Crippen LogP contribution in [0.15, 0.2) is 29.4 Å². The van der Waals surface area contributed by atoms with E-state index in [9.17, 15) is 0 Å². The zero-order valence-electron chi connectivity index (χ0n) is 6.74. The Morgan fingerprint density at radius 1 is 1.42 bits per heavy atom. The van der Waals surface area contributed by atoms with Gasteiger partial charge in [0, 0.05) is 4.83 Å². The SMILES string of the molecule is CC(Br)c1ccc(C=NO)cc1. The van der Waals surface area contributed by atoms with Gasteiger partial charge in [0.05, 0.1) is 6.21 Å². The minimum Gasteiger partial charge on any atom is -0.411 e. The molecule has 0 saturated carbocycles. The second kappa shape index (κ2) is 4.26. The molecule has 0 aliphatic heterocycles. The summed E-state index contributed by atoms with van der Waals surface area (Å²) in [4.78, 5) is 0.359. The van der Waals surface area contributed by atoms with Gasteiger partial charge in [0.25, 0.3) is 0 Å². The van der Waals surface area contributed by atoms with Crippen molar-refractivity contribution in [2.24, 2.45) is 5.16 Å². The largest absolute Gasteiger partial charge is 0.411 e. The third-order valence-corrected chi connectivity index (χ3v) is 2.13. The Morgan fingerprint density at radius 3 is 2.42 bits per heavy atom. The normalized spacial score (nSPS) is 13.5. The van der Waals surface area contributed by atoms with Crippen LogP contribution in [0, 0.1) is 0 Å². The highest BCUT2D eigenvalue weighted by Crippen LogP contribution is 2.20. The summed E-state index contributed by atoms with van der Waals surface area (Å²) in [6.45, 7) is 2.06. The fourth-order valence-corrected chi connectivity index (χ4v) is 1.22. The first-order chi connectivity index (χ1) is 5.74. The van der Waals surface area contributed by atoms with E-state index in [-0.39, 0.29) is 0 Å². The highest BCUT2D eigenvalue weighted by Gasteiger charge is 1.98. The van der Waals surface area contributed by atoms with Crippen LogP contribution in [0.5, 0.6) is 0 Å². The van der Waals surface area contributed by atoms with Crippen LogP contribution in [0.3, 0.4) is 0 Å². The van der Waals surface area contributed by atoms with Gasteiger partial charge in [-0.25, -0.2) is 0 Å². The molecule has 2 nitrogen and oxygen atoms in total. The summed E-state index contributed by atoms with van der Waals surface area (Å²) < 4.78 is 0. The average Bonchev–Trinajstić information content (AvgIpc) is 2.06. The summed E-state index contributed by atoms with van der Waals surface area (Å²) in [5.74, 6) is 0. The lowest BCUT2D eigenvalue weighted by Gasteiger charge is -2.02. The molecule has 0 fully saturated rings. The predicted octanol–water partition coefficient (Wildman–Crippen LogP) is 2.95. The van der Waals surface area contributed by atoms with Crippen LogP contribution in [0.25, 0.3) is 0 Å². The maximum atomic E-state index is 8.26. The van der Waals surface area contributed by atoms with Crippen LogP contribution in [-0.4, -0.2) is 11.4 Å². The minimum absolute atomic E-state index is 0.359. The predicted molar refractivity (Wildman–Crippen MR) is 53.2 cm³/mol. The number of nitrogens with zero attached hydrogens (tertiary/aromatic N) is 1. The van der Waals surface area contributed by atoms with Crippen LogP contribution >= 0.6 is 15.9 Å². The first-order valence-corrected chi connectivity index (χ1v) is 4.57. The third-order valence-electron chi connectivity index (χ3n) is 1.60. The number of benzene rings is 1. The molecule has 0 amide bonds. The monoisotopic (exact) mass is 227 g/mol. The third kappa shape index (κ3) is 2.34. The van der Waals surface area contributed by atoms with Gasteiger partial charge in [0.15, 0.2) is 0 Å². The Labute approximate surface area is 80.0 Å². The number of rotatable bonds is 2. The minimum atomic E-state index is 0.359. The molecule has 1 N–H and O–H groups in total. The molecule has 0 aliphatic carbocycles. The zero-order chi connectivity index (χ0) is 8.97. The lowest BCUT2D eigenvalue weighted by Crippen LogP contribution is -1.85. The van der Waals surface area contributed by atoms with Crippen molar-refractivity contribution in [3.63, 3.8) is 0 Å². The van der Waals surface area contributed by atoms with Gasteiger partial charge in [-0.05, 0) is 18.1 Å². The molecule has 0 aliphatic rings. The first kappa shape index (κ1) is 9.26. The molecule has 0 heterocycles. The second-order valence-electron chi connectivity index (χ2n) is 2.53. The molecule has 0 bridgehead atoms. The van der Waals surface area contributed by atoms with Gasteiger partial charge in [-0.1, -0.05) is 45.4 Å². The van der Waals surface area contributed by atoms with Crippen molar-refractivity contribution in [1.29, 1.82) is 0 Å². The van der Waals surface area contributed by atoms with E-state index in [0.717, 1.165) is 5.56 Å². The van der Waals surface area contributed by atoms with Crippen molar-refractivity contribution in [3.8, 4) is 0 Å². The summed E-state index contributed by atoms with van der Waals surface area (Å²) in [7, 11) is 0. The summed E-state index contributed by atoms with van der Waals surface area (Å²) in [6.07, 6.45) is 1.41. The smallest absolute Gasteiger partial charge is 0.0733 e. The standard InChI is InChI=1S/C9H10BrNO/c1-7(10)9-4-2-8(3-5-9)6-11-12/h2-7,12H,1H3. The van der Waals surface area contributed by atoms with Crippen LogP contribution in [-0.2, 0) is 0 Å². The van der Waals surface area contributed by atoms with E-state index in [2.05, 4.69) is 28.0 Å². The Kier molecular flexibility index (Phi) is 3.29. The van der Waals surface area contributed by atoms with Gasteiger partial charge in [0.1, 0.15) is 0 Å². The maximum absolute atomic E-state index is 8.26. The number of halogens is 1. The van der Waals surface area contributed by atoms with E-state index in [0.29, 0.717) is 4.83 Å². The average molecular weight is 228 g/mol. The molecular weight excluding hydrogens is 218 g/mol. The summed E-state index contributed by atoms with van der Waals surface area (Å²) in [5, 5.41) is 11.2. The highest BCUT2D eigenvalue weighted by molar-refractivity contribution is 9.09. The van der Waals surface area contributed by atoms with Gasteiger partial charge in [-0.15, -0.1) is 0 Å². The number of alkyl halides is 1. The van der Waals surface area contributed by atoms with E-state index in [1.807, 2.05) is 24.3 Å². The molecular formula is C9H10BrNO. The van der Waals surface area contributed by atoms with Gasteiger partial charge in [-0.2, -0.15) is 0 Å². The second-order valence-corrected chi connectivity index (χ2v) is 3.90. The summed E-state index contributed by atoms with van der Waals surface area (Å²) in [6, 6.07) is 7.81. The lowest BCUT2D eigenvalue weighted by atomic mass is 10.1. The summed E-state index contributed by atoms with van der Waals surface area (Å²) >= 11 is 3.46. The van der Waals surface area contributed by atoms with Gasteiger partial charge >= 0.3 is 0 Å². The highest BCUT2D eigenvalue weighted by atomic mass is 79.9. The van der Waals surface area contributed by atoms with Gasteiger partial charge in [0.2, 0.25) is 0 Å². The van der Waals surface area contributed by atoms with Crippen molar-refractivity contribution in [2.75, 3.05) is 0 Å². The maximum Gasteiger partial charge on any atom is 0.0733 e. The number of oxime groups is 1. The molecule has 1 aromatic rings. The molecule has 1 rings (SSSR count). The van der Waals surface area contributed by atoms with Crippen molar-refractivity contribution in [2.45, 2.75) is 11.8 Å². The van der Waals surface area contributed by atoms with Crippen LogP contribution in [0.4, 0.5) is 0 Å². The van der Waals surface area contributed by atoms with Crippen molar-refractivity contribution in [1.82, 2.24) is 0 Å². The topological polar surface area (TPSA) is 32.6 Å². The van der Waals surface area contributed by atoms with Gasteiger partial charge in [-0.3, -0.25) is 0 Å². The van der Waals surface area contributed by atoms with Crippen molar-refractivity contribution in [3.05, 3.63) is 35.4 Å². The lowest BCUT2D eigenvalue weighted by molar-refractivity contribution is 0.322. The van der Waals surface area contributed by atoms with Crippen LogP contribution in [0.2, 0.25) is 0 Å². The Morgan fingerprint density at radius 2 is 2.00 bits per heavy atom. The van der Waals surface area contributed by atoms with Crippen molar-refractivity contribution < 1.29 is 5.21 Å². The quantitative estimate of drug-likeness (QED) is 0.359. The fourth-order valence-electron chi connectivity index (χ4n) is 0.914. The fraction of sp³-hybridized carbons (Fsp3) is 0.222. The molecule has 0 saturated heterocycles. The molecule has 64 valence electrons. The van der Waals surface area contributed by atoms with Gasteiger partial charge < -0.3 is 5.21 Å². The molecule has 0 spiro atoms. The van der Waals surface area contributed by atoms with Crippen molar-refractivity contribution >= 4 is 22.1 Å². The molecule has 3 heteroatoms. The van der Waals surface area contributed by atoms with E-state index in [1.165, 1.54) is 11.8 Å². The molecule has 1 aromatic carbocycles. The van der Waals surface area contributed by atoms with E-state index < -0.39 is 0 Å². The Bertz CT molecular complexity index is 266. The summed E-state index contributed by atoms with van der Waals surface area (Å²) in [5.41, 5.74) is 2.11. The molecule has 0 aromatic heterocycles. The Hall–Kier alpha value is -0.830. The van der Waals surface area contributed by atoms with Crippen LogP contribution < -0.4 is 0 Å². The first-order valence-electron chi connectivity index (χ1n) is 3.65.